The van der Waals surface area contributed by atoms with E-state index < -0.39 is 0 Å². The lowest BCUT2D eigenvalue weighted by atomic mass is 9.87. The molecule has 0 unspecified atom stereocenters. The highest BCUT2D eigenvalue weighted by Gasteiger charge is 2.17. The number of aryl methyl sites for hydroxylation is 2. The van der Waals surface area contributed by atoms with E-state index in [1.165, 1.54) is 32.1 Å². The van der Waals surface area contributed by atoms with Crippen molar-refractivity contribution in [2.45, 2.75) is 52.4 Å². The molecule has 1 saturated carbocycles. The van der Waals surface area contributed by atoms with Gasteiger partial charge < -0.3 is 5.32 Å². The smallest absolute Gasteiger partial charge is 0.292 e. The van der Waals surface area contributed by atoms with Crippen LogP contribution in [0.5, 0.6) is 0 Å². The van der Waals surface area contributed by atoms with Crippen LogP contribution in [0.3, 0.4) is 0 Å². The SMILES string of the molecule is Cc1cc(NCCC2CCCCC2)c([N+](=O)[O-])cc1C. The van der Waals surface area contributed by atoms with Gasteiger partial charge in [-0.1, -0.05) is 32.1 Å². The molecule has 110 valence electrons. The van der Waals surface area contributed by atoms with Crippen molar-refractivity contribution in [2.24, 2.45) is 5.92 Å². The first-order valence-electron chi connectivity index (χ1n) is 7.57. The lowest BCUT2D eigenvalue weighted by molar-refractivity contribution is -0.384. The lowest BCUT2D eigenvalue weighted by Crippen LogP contribution is -2.13. The molecule has 0 heterocycles. The van der Waals surface area contributed by atoms with E-state index in [0.717, 1.165) is 30.0 Å². The van der Waals surface area contributed by atoms with Crippen LogP contribution in [0.2, 0.25) is 0 Å². The molecule has 0 saturated heterocycles. The fourth-order valence-electron chi connectivity index (χ4n) is 2.98. The van der Waals surface area contributed by atoms with E-state index in [1.807, 2.05) is 19.9 Å². The molecule has 0 aromatic heterocycles. The summed E-state index contributed by atoms with van der Waals surface area (Å²) in [5, 5.41) is 14.4. The van der Waals surface area contributed by atoms with Crippen LogP contribution in [-0.2, 0) is 0 Å². The molecule has 0 bridgehead atoms. The van der Waals surface area contributed by atoms with Crippen LogP contribution in [0.15, 0.2) is 12.1 Å². The van der Waals surface area contributed by atoms with Gasteiger partial charge in [0.25, 0.3) is 5.69 Å². The molecule has 1 aromatic rings. The highest BCUT2D eigenvalue weighted by atomic mass is 16.6. The van der Waals surface area contributed by atoms with Gasteiger partial charge in [-0.2, -0.15) is 0 Å². The number of nitro benzene ring substituents is 1. The molecule has 1 aromatic carbocycles. The zero-order valence-corrected chi connectivity index (χ0v) is 12.4. The number of hydrogen-bond acceptors (Lipinski definition) is 3. The number of nitrogens with one attached hydrogen (secondary N) is 1. The normalized spacial score (nSPS) is 16.1. The highest BCUT2D eigenvalue weighted by Crippen LogP contribution is 2.29. The summed E-state index contributed by atoms with van der Waals surface area (Å²) in [6.07, 6.45) is 7.80. The summed E-state index contributed by atoms with van der Waals surface area (Å²) in [5.41, 5.74) is 2.91. The lowest BCUT2D eigenvalue weighted by Gasteiger charge is -2.21. The topological polar surface area (TPSA) is 55.2 Å². The number of anilines is 1. The Labute approximate surface area is 120 Å². The van der Waals surface area contributed by atoms with Crippen molar-refractivity contribution in [3.63, 3.8) is 0 Å². The molecule has 0 aliphatic heterocycles. The van der Waals surface area contributed by atoms with Crippen LogP contribution in [-0.4, -0.2) is 11.5 Å². The molecule has 20 heavy (non-hydrogen) atoms. The van der Waals surface area contributed by atoms with E-state index in [4.69, 9.17) is 0 Å². The second-order valence-corrected chi connectivity index (χ2v) is 5.93. The van der Waals surface area contributed by atoms with Gasteiger partial charge in [0, 0.05) is 12.6 Å². The van der Waals surface area contributed by atoms with Crippen molar-refractivity contribution < 1.29 is 4.92 Å². The van der Waals surface area contributed by atoms with Gasteiger partial charge in [-0.3, -0.25) is 10.1 Å². The van der Waals surface area contributed by atoms with Crippen molar-refractivity contribution in [3.8, 4) is 0 Å². The molecule has 4 nitrogen and oxygen atoms in total. The van der Waals surface area contributed by atoms with Crippen molar-refractivity contribution in [1.29, 1.82) is 0 Å². The Balaban J connectivity index is 1.97. The molecule has 4 heteroatoms. The van der Waals surface area contributed by atoms with E-state index in [0.29, 0.717) is 5.69 Å². The maximum atomic E-state index is 11.1. The molecule has 1 fully saturated rings. The number of rotatable bonds is 5. The quantitative estimate of drug-likeness (QED) is 0.632. The summed E-state index contributed by atoms with van der Waals surface area (Å²) in [5.74, 6) is 0.793. The standard InChI is InChI=1S/C16H24N2O2/c1-12-10-15(16(18(19)20)11-13(12)2)17-9-8-14-6-4-3-5-7-14/h10-11,14,17H,3-9H2,1-2H3. The fourth-order valence-corrected chi connectivity index (χ4v) is 2.98. The Kier molecular flexibility index (Phi) is 4.99. The van der Waals surface area contributed by atoms with Crippen molar-refractivity contribution in [3.05, 3.63) is 33.4 Å². The summed E-state index contributed by atoms with van der Waals surface area (Å²) in [4.78, 5) is 10.8. The zero-order valence-electron chi connectivity index (χ0n) is 12.4. The molecule has 1 aliphatic rings. The molecular weight excluding hydrogens is 252 g/mol. The van der Waals surface area contributed by atoms with Crippen molar-refractivity contribution in [2.75, 3.05) is 11.9 Å². The van der Waals surface area contributed by atoms with Crippen molar-refractivity contribution >= 4 is 11.4 Å². The van der Waals surface area contributed by atoms with E-state index in [-0.39, 0.29) is 10.6 Å². The van der Waals surface area contributed by atoms with Gasteiger partial charge >= 0.3 is 0 Å². The number of nitro groups is 1. The van der Waals surface area contributed by atoms with Crippen LogP contribution in [0.4, 0.5) is 11.4 Å². The fraction of sp³-hybridized carbons (Fsp3) is 0.625. The first-order chi connectivity index (χ1) is 9.58. The predicted octanol–water partition coefficient (Wildman–Crippen LogP) is 4.59. The Morgan fingerprint density at radius 2 is 1.85 bits per heavy atom. The van der Waals surface area contributed by atoms with Gasteiger partial charge in [0.1, 0.15) is 5.69 Å². The third kappa shape index (κ3) is 3.71. The minimum Gasteiger partial charge on any atom is -0.379 e. The van der Waals surface area contributed by atoms with Gasteiger partial charge in [0.15, 0.2) is 0 Å². The first-order valence-corrected chi connectivity index (χ1v) is 7.57. The molecule has 0 spiro atoms. The predicted molar refractivity (Wildman–Crippen MR) is 82.3 cm³/mol. The highest BCUT2D eigenvalue weighted by molar-refractivity contribution is 5.64. The Hall–Kier alpha value is -1.58. The third-order valence-corrected chi connectivity index (χ3v) is 4.40. The van der Waals surface area contributed by atoms with E-state index in [1.54, 1.807) is 6.07 Å². The Morgan fingerprint density at radius 1 is 1.20 bits per heavy atom. The molecule has 2 rings (SSSR count). The van der Waals surface area contributed by atoms with E-state index >= 15 is 0 Å². The van der Waals surface area contributed by atoms with Gasteiger partial charge in [0.2, 0.25) is 0 Å². The largest absolute Gasteiger partial charge is 0.379 e. The van der Waals surface area contributed by atoms with Crippen molar-refractivity contribution in [1.82, 2.24) is 0 Å². The second-order valence-electron chi connectivity index (χ2n) is 5.93. The zero-order chi connectivity index (χ0) is 14.5. The van der Waals surface area contributed by atoms with Gasteiger partial charge in [-0.05, 0) is 43.4 Å². The third-order valence-electron chi connectivity index (χ3n) is 4.40. The van der Waals surface area contributed by atoms with E-state index in [9.17, 15) is 10.1 Å². The average molecular weight is 276 g/mol. The molecule has 1 aliphatic carbocycles. The van der Waals surface area contributed by atoms with Gasteiger partial charge in [0.05, 0.1) is 4.92 Å². The number of benzene rings is 1. The van der Waals surface area contributed by atoms with Crippen LogP contribution in [0, 0.1) is 29.9 Å². The van der Waals surface area contributed by atoms with E-state index in [2.05, 4.69) is 5.32 Å². The summed E-state index contributed by atoms with van der Waals surface area (Å²) < 4.78 is 0. The molecule has 0 radical (unpaired) electrons. The monoisotopic (exact) mass is 276 g/mol. The van der Waals surface area contributed by atoms with Crippen LogP contribution in [0.1, 0.15) is 49.7 Å². The first kappa shape index (κ1) is 14.8. The molecule has 0 atom stereocenters. The molecule has 0 amide bonds. The minimum absolute atomic E-state index is 0.191. The summed E-state index contributed by atoms with van der Waals surface area (Å²) in [6.45, 7) is 4.73. The Bertz CT molecular complexity index is 480. The summed E-state index contributed by atoms with van der Waals surface area (Å²) >= 11 is 0. The second kappa shape index (κ2) is 6.73. The van der Waals surface area contributed by atoms with Crippen LogP contribution in [0.25, 0.3) is 0 Å². The Morgan fingerprint density at radius 3 is 2.50 bits per heavy atom. The molecule has 1 N–H and O–H groups in total. The maximum Gasteiger partial charge on any atom is 0.292 e. The molecular formula is C16H24N2O2. The average Bonchev–Trinajstić information content (AvgIpc) is 2.43. The van der Waals surface area contributed by atoms with Crippen LogP contribution >= 0.6 is 0 Å². The minimum atomic E-state index is -0.296. The number of nitrogens with zero attached hydrogens (tertiary/aromatic N) is 1. The number of hydrogen-bond donors (Lipinski definition) is 1. The summed E-state index contributed by atoms with van der Waals surface area (Å²) in [6, 6.07) is 3.56. The van der Waals surface area contributed by atoms with Crippen LogP contribution < -0.4 is 5.32 Å². The maximum absolute atomic E-state index is 11.1. The summed E-state index contributed by atoms with van der Waals surface area (Å²) in [7, 11) is 0. The van der Waals surface area contributed by atoms with Gasteiger partial charge in [-0.25, -0.2) is 0 Å². The van der Waals surface area contributed by atoms with Gasteiger partial charge in [-0.15, -0.1) is 0 Å².